The van der Waals surface area contributed by atoms with E-state index >= 15 is 0 Å². The molecule has 0 spiro atoms. The number of tetrazole rings is 1. The highest BCUT2D eigenvalue weighted by Crippen LogP contribution is 2.32. The monoisotopic (exact) mass is 485 g/mol. The minimum absolute atomic E-state index is 0.174. The van der Waals surface area contributed by atoms with E-state index in [0.717, 1.165) is 53.8 Å². The Morgan fingerprint density at radius 2 is 1.60 bits per heavy atom. The van der Waals surface area contributed by atoms with Crippen LogP contribution in [0.25, 0.3) is 10.2 Å². The predicted molar refractivity (Wildman–Crippen MR) is 135 cm³/mol. The van der Waals surface area contributed by atoms with Crippen molar-refractivity contribution in [2.75, 3.05) is 31.1 Å². The van der Waals surface area contributed by atoms with Crippen LogP contribution in [0.15, 0.2) is 78.9 Å². The Labute approximate surface area is 206 Å². The zero-order valence-corrected chi connectivity index (χ0v) is 19.9. The molecule has 1 fully saturated rings. The average Bonchev–Trinajstić information content (AvgIpc) is 3.54. The molecule has 35 heavy (non-hydrogen) atoms. The van der Waals surface area contributed by atoms with Gasteiger partial charge < -0.3 is 4.90 Å². The highest BCUT2D eigenvalue weighted by molar-refractivity contribution is 7.22. The second-order valence-electron chi connectivity index (χ2n) is 8.62. The lowest BCUT2D eigenvalue weighted by Gasteiger charge is -2.38. The van der Waals surface area contributed by atoms with Gasteiger partial charge in [-0.05, 0) is 45.8 Å². The van der Waals surface area contributed by atoms with Gasteiger partial charge in [-0.25, -0.2) is 14.1 Å². The molecule has 1 atom stereocenters. The van der Waals surface area contributed by atoms with Gasteiger partial charge in [-0.3, -0.25) is 4.90 Å². The van der Waals surface area contributed by atoms with Crippen LogP contribution in [-0.2, 0) is 6.54 Å². The third-order valence-electron chi connectivity index (χ3n) is 6.40. The zero-order valence-electron chi connectivity index (χ0n) is 19.0. The highest BCUT2D eigenvalue weighted by atomic mass is 32.1. The molecule has 5 aromatic rings. The van der Waals surface area contributed by atoms with E-state index in [2.05, 4.69) is 55.7 Å². The average molecular weight is 486 g/mol. The predicted octanol–water partition coefficient (Wildman–Crippen LogP) is 4.38. The smallest absolute Gasteiger partial charge is 0.186 e. The third kappa shape index (κ3) is 4.52. The van der Waals surface area contributed by atoms with Crippen molar-refractivity contribution in [1.82, 2.24) is 30.1 Å². The second kappa shape index (κ2) is 9.52. The number of aromatic nitrogens is 5. The van der Waals surface area contributed by atoms with E-state index in [1.807, 2.05) is 41.1 Å². The van der Waals surface area contributed by atoms with Crippen molar-refractivity contribution in [2.24, 2.45) is 0 Å². The number of halogens is 1. The van der Waals surface area contributed by atoms with E-state index in [4.69, 9.17) is 4.98 Å². The highest BCUT2D eigenvalue weighted by Gasteiger charge is 2.31. The lowest BCUT2D eigenvalue weighted by Crippen LogP contribution is -2.48. The molecule has 1 aliphatic heterocycles. The van der Waals surface area contributed by atoms with E-state index < -0.39 is 0 Å². The summed E-state index contributed by atoms with van der Waals surface area (Å²) >= 11 is 1.73. The molecule has 0 aliphatic carbocycles. The van der Waals surface area contributed by atoms with Crippen molar-refractivity contribution >= 4 is 26.7 Å². The van der Waals surface area contributed by atoms with Gasteiger partial charge in [0.15, 0.2) is 11.0 Å². The first-order valence-electron chi connectivity index (χ1n) is 11.6. The normalized spacial score (nSPS) is 15.5. The Balaban J connectivity index is 1.27. The summed E-state index contributed by atoms with van der Waals surface area (Å²) in [5, 5.41) is 13.8. The quantitative estimate of drug-likeness (QED) is 0.356. The standard InChI is InChI=1S/C26H24FN7S/c27-21-12-10-20(11-13-21)24(25-29-30-31-34(25)18-19-6-2-1-3-7-19)32-14-16-33(17-15-32)26-28-22-8-4-5-9-23(22)35-26/h1-13,24H,14-18H2/t24-/m1/s1. The number of piperazine rings is 1. The zero-order chi connectivity index (χ0) is 23.6. The van der Waals surface area contributed by atoms with Crippen molar-refractivity contribution in [3.8, 4) is 0 Å². The molecule has 2 aromatic heterocycles. The Morgan fingerprint density at radius 3 is 2.37 bits per heavy atom. The lowest BCUT2D eigenvalue weighted by atomic mass is 10.0. The van der Waals surface area contributed by atoms with Crippen molar-refractivity contribution in [1.29, 1.82) is 0 Å². The van der Waals surface area contributed by atoms with Gasteiger partial charge in [-0.2, -0.15) is 0 Å². The second-order valence-corrected chi connectivity index (χ2v) is 9.63. The van der Waals surface area contributed by atoms with Crippen LogP contribution in [0.5, 0.6) is 0 Å². The maximum absolute atomic E-state index is 13.8. The molecule has 7 nitrogen and oxygen atoms in total. The summed E-state index contributed by atoms with van der Waals surface area (Å²) in [6, 6.07) is 24.9. The molecule has 0 N–H and O–H groups in total. The fourth-order valence-electron chi connectivity index (χ4n) is 4.61. The molecule has 3 heterocycles. The minimum Gasteiger partial charge on any atom is -0.345 e. The van der Waals surface area contributed by atoms with Crippen molar-refractivity contribution in [3.63, 3.8) is 0 Å². The number of benzene rings is 3. The molecule has 0 radical (unpaired) electrons. The Hall–Kier alpha value is -3.69. The molecule has 6 rings (SSSR count). The maximum Gasteiger partial charge on any atom is 0.186 e. The fraction of sp³-hybridized carbons (Fsp3) is 0.231. The first-order valence-corrected chi connectivity index (χ1v) is 12.5. The van der Waals surface area contributed by atoms with E-state index in [1.165, 1.54) is 16.8 Å². The summed E-state index contributed by atoms with van der Waals surface area (Å²) in [6.45, 7) is 3.90. The summed E-state index contributed by atoms with van der Waals surface area (Å²) in [5.74, 6) is 0.505. The van der Waals surface area contributed by atoms with Crippen molar-refractivity contribution in [3.05, 3.63) is 102 Å². The fourth-order valence-corrected chi connectivity index (χ4v) is 5.63. The van der Waals surface area contributed by atoms with E-state index in [9.17, 15) is 4.39 Å². The summed E-state index contributed by atoms with van der Waals surface area (Å²) < 4.78 is 16.8. The van der Waals surface area contributed by atoms with Gasteiger partial charge in [0.2, 0.25) is 0 Å². The number of hydrogen-bond acceptors (Lipinski definition) is 7. The Kier molecular flexibility index (Phi) is 5.93. The van der Waals surface area contributed by atoms with Gasteiger partial charge in [0.1, 0.15) is 5.82 Å². The number of rotatable bonds is 6. The van der Waals surface area contributed by atoms with Gasteiger partial charge >= 0.3 is 0 Å². The number of anilines is 1. The Bertz CT molecular complexity index is 1380. The first kappa shape index (κ1) is 21.8. The SMILES string of the molecule is Fc1ccc([C@H](c2nnnn2Cc2ccccc2)N2CCN(c3nc4ccccc4s3)CC2)cc1. The molecule has 1 aliphatic rings. The topological polar surface area (TPSA) is 63.0 Å². The van der Waals surface area contributed by atoms with E-state index in [0.29, 0.717) is 6.54 Å². The van der Waals surface area contributed by atoms with Crippen LogP contribution >= 0.6 is 11.3 Å². The Morgan fingerprint density at radius 1 is 0.857 bits per heavy atom. The lowest BCUT2D eigenvalue weighted by molar-refractivity contribution is 0.201. The van der Waals surface area contributed by atoms with Gasteiger partial charge in [-0.1, -0.05) is 65.9 Å². The number of thiazole rings is 1. The van der Waals surface area contributed by atoms with Gasteiger partial charge in [-0.15, -0.1) is 5.10 Å². The van der Waals surface area contributed by atoms with Crippen LogP contribution in [0.1, 0.15) is 23.0 Å². The molecule has 176 valence electrons. The van der Waals surface area contributed by atoms with E-state index in [1.54, 1.807) is 11.3 Å². The van der Waals surface area contributed by atoms with Crippen LogP contribution < -0.4 is 4.90 Å². The van der Waals surface area contributed by atoms with E-state index in [-0.39, 0.29) is 11.9 Å². The first-order chi connectivity index (χ1) is 17.2. The molecule has 9 heteroatoms. The summed E-state index contributed by atoms with van der Waals surface area (Å²) in [4.78, 5) is 9.56. The minimum atomic E-state index is -0.253. The maximum atomic E-state index is 13.8. The summed E-state index contributed by atoms with van der Waals surface area (Å²) in [7, 11) is 0. The molecule has 1 saturated heterocycles. The summed E-state index contributed by atoms with van der Waals surface area (Å²) in [6.07, 6.45) is 0. The van der Waals surface area contributed by atoms with Crippen molar-refractivity contribution in [2.45, 2.75) is 12.6 Å². The molecular weight excluding hydrogens is 461 g/mol. The molecular formula is C26H24FN7S. The molecule has 0 amide bonds. The third-order valence-corrected chi connectivity index (χ3v) is 7.49. The van der Waals surface area contributed by atoms with Crippen LogP contribution in [0.3, 0.4) is 0 Å². The van der Waals surface area contributed by atoms with Crippen LogP contribution in [0.4, 0.5) is 9.52 Å². The molecule has 0 saturated carbocycles. The molecule has 0 bridgehead atoms. The largest absolute Gasteiger partial charge is 0.345 e. The number of nitrogens with zero attached hydrogens (tertiary/aromatic N) is 7. The van der Waals surface area contributed by atoms with Crippen molar-refractivity contribution < 1.29 is 4.39 Å². The van der Waals surface area contributed by atoms with Gasteiger partial charge in [0.05, 0.1) is 22.8 Å². The van der Waals surface area contributed by atoms with Gasteiger partial charge in [0, 0.05) is 26.2 Å². The summed E-state index contributed by atoms with van der Waals surface area (Å²) in [5.41, 5.74) is 3.14. The molecule has 3 aromatic carbocycles. The number of fused-ring (bicyclic) bond motifs is 1. The number of hydrogen-bond donors (Lipinski definition) is 0. The molecule has 0 unspecified atom stereocenters. The van der Waals surface area contributed by atoms with Crippen LogP contribution in [0, 0.1) is 5.82 Å². The van der Waals surface area contributed by atoms with Crippen LogP contribution in [-0.4, -0.2) is 56.3 Å². The van der Waals surface area contributed by atoms with Crippen LogP contribution in [0.2, 0.25) is 0 Å². The van der Waals surface area contributed by atoms with Gasteiger partial charge in [0.25, 0.3) is 0 Å². The number of para-hydroxylation sites is 1.